The predicted octanol–water partition coefficient (Wildman–Crippen LogP) is 3.48. The molecule has 1 heterocycles. The highest BCUT2D eigenvalue weighted by molar-refractivity contribution is 7.09. The van der Waals surface area contributed by atoms with Gasteiger partial charge in [-0.05, 0) is 43.6 Å². The summed E-state index contributed by atoms with van der Waals surface area (Å²) in [6.07, 6.45) is 6.78. The second-order valence-corrected chi connectivity index (χ2v) is 6.41. The molecule has 1 aromatic rings. The summed E-state index contributed by atoms with van der Waals surface area (Å²) in [6, 6.07) is 4.27. The van der Waals surface area contributed by atoms with Gasteiger partial charge in [0, 0.05) is 17.8 Å². The fraction of sp³-hybridized carbons (Fsp3) is 0.688. The van der Waals surface area contributed by atoms with E-state index in [0.717, 1.165) is 38.5 Å². The van der Waals surface area contributed by atoms with Gasteiger partial charge >= 0.3 is 0 Å². The fourth-order valence-corrected chi connectivity index (χ4v) is 3.09. The first-order chi connectivity index (χ1) is 9.65. The van der Waals surface area contributed by atoms with Gasteiger partial charge in [0.2, 0.25) is 5.91 Å². The van der Waals surface area contributed by atoms with Gasteiger partial charge in [0.05, 0.1) is 5.54 Å². The molecule has 0 aliphatic heterocycles. The Bertz CT molecular complexity index is 364. The minimum absolute atomic E-state index is 0.148. The number of rotatable bonds is 10. The van der Waals surface area contributed by atoms with Gasteiger partial charge < -0.3 is 11.1 Å². The normalized spacial score (nSPS) is 11.6. The van der Waals surface area contributed by atoms with Crippen molar-refractivity contribution in [2.75, 3.05) is 6.54 Å². The predicted molar refractivity (Wildman–Crippen MR) is 87.0 cm³/mol. The van der Waals surface area contributed by atoms with Crippen LogP contribution in [0.4, 0.5) is 0 Å². The lowest BCUT2D eigenvalue weighted by molar-refractivity contribution is -0.123. The van der Waals surface area contributed by atoms with E-state index in [0.29, 0.717) is 13.0 Å². The van der Waals surface area contributed by atoms with E-state index in [1.807, 2.05) is 11.3 Å². The van der Waals surface area contributed by atoms with E-state index in [4.69, 9.17) is 5.73 Å². The average Bonchev–Trinajstić information content (AvgIpc) is 2.98. The van der Waals surface area contributed by atoms with Crippen molar-refractivity contribution in [2.45, 2.75) is 64.3 Å². The van der Waals surface area contributed by atoms with Crippen molar-refractivity contribution in [3.8, 4) is 0 Å². The van der Waals surface area contributed by atoms with Gasteiger partial charge in [-0.25, -0.2) is 0 Å². The molecule has 0 aliphatic carbocycles. The Labute approximate surface area is 127 Å². The minimum atomic E-state index is -0.200. The van der Waals surface area contributed by atoms with Crippen molar-refractivity contribution >= 4 is 17.2 Å². The summed E-state index contributed by atoms with van der Waals surface area (Å²) in [5.41, 5.74) is 5.59. The molecule has 0 saturated carbocycles. The number of hydrogen-bond donors (Lipinski definition) is 2. The fourth-order valence-electron chi connectivity index (χ4n) is 2.34. The van der Waals surface area contributed by atoms with Crippen LogP contribution in [-0.2, 0) is 11.2 Å². The highest BCUT2D eigenvalue weighted by Crippen LogP contribution is 2.15. The number of amides is 1. The van der Waals surface area contributed by atoms with Crippen molar-refractivity contribution in [2.24, 2.45) is 5.73 Å². The van der Waals surface area contributed by atoms with Crippen LogP contribution in [0.3, 0.4) is 0 Å². The van der Waals surface area contributed by atoms with Crippen molar-refractivity contribution in [1.82, 2.24) is 5.32 Å². The second kappa shape index (κ2) is 9.14. The lowest BCUT2D eigenvalue weighted by Gasteiger charge is -2.31. The molecule has 0 atom stereocenters. The molecule has 0 saturated heterocycles. The third-order valence-corrected chi connectivity index (χ3v) is 4.99. The maximum Gasteiger partial charge on any atom is 0.220 e. The van der Waals surface area contributed by atoms with Crippen LogP contribution in [0.25, 0.3) is 0 Å². The smallest absolute Gasteiger partial charge is 0.220 e. The number of carbonyl (C=O) groups excluding carboxylic acids is 1. The molecule has 3 nitrogen and oxygen atoms in total. The Morgan fingerprint density at radius 2 is 2.05 bits per heavy atom. The van der Waals surface area contributed by atoms with Crippen LogP contribution >= 0.6 is 11.3 Å². The van der Waals surface area contributed by atoms with E-state index in [9.17, 15) is 4.79 Å². The highest BCUT2D eigenvalue weighted by Gasteiger charge is 2.25. The summed E-state index contributed by atoms with van der Waals surface area (Å²) < 4.78 is 0. The van der Waals surface area contributed by atoms with E-state index in [-0.39, 0.29) is 11.4 Å². The summed E-state index contributed by atoms with van der Waals surface area (Å²) in [7, 11) is 0. The SMILES string of the molecule is CCC(CC)(CN)NC(=O)CCCCCc1cccs1. The quantitative estimate of drug-likeness (QED) is 0.649. The van der Waals surface area contributed by atoms with Crippen molar-refractivity contribution in [3.05, 3.63) is 22.4 Å². The molecule has 114 valence electrons. The monoisotopic (exact) mass is 296 g/mol. The molecule has 0 unspecified atom stereocenters. The first kappa shape index (κ1) is 17.2. The number of unbranched alkanes of at least 4 members (excludes halogenated alkanes) is 2. The summed E-state index contributed by atoms with van der Waals surface area (Å²) in [4.78, 5) is 13.4. The molecular weight excluding hydrogens is 268 g/mol. The Morgan fingerprint density at radius 1 is 1.30 bits per heavy atom. The molecule has 0 aliphatic rings. The molecule has 0 radical (unpaired) electrons. The summed E-state index contributed by atoms with van der Waals surface area (Å²) in [5, 5.41) is 5.24. The van der Waals surface area contributed by atoms with Gasteiger partial charge in [-0.1, -0.05) is 26.3 Å². The maximum atomic E-state index is 12.0. The summed E-state index contributed by atoms with van der Waals surface area (Å²) in [5.74, 6) is 0.148. The molecular formula is C16H28N2OS. The van der Waals surface area contributed by atoms with E-state index < -0.39 is 0 Å². The van der Waals surface area contributed by atoms with Crippen molar-refractivity contribution in [3.63, 3.8) is 0 Å². The Morgan fingerprint density at radius 3 is 2.60 bits per heavy atom. The average molecular weight is 296 g/mol. The van der Waals surface area contributed by atoms with Crippen LogP contribution in [0.5, 0.6) is 0 Å². The van der Waals surface area contributed by atoms with Gasteiger partial charge in [0.25, 0.3) is 0 Å². The number of thiophene rings is 1. The third kappa shape index (κ3) is 5.63. The van der Waals surface area contributed by atoms with Crippen LogP contribution < -0.4 is 11.1 Å². The lowest BCUT2D eigenvalue weighted by Crippen LogP contribution is -2.52. The number of aryl methyl sites for hydroxylation is 1. The summed E-state index contributed by atoms with van der Waals surface area (Å²) in [6.45, 7) is 4.68. The zero-order chi connectivity index (χ0) is 14.8. The van der Waals surface area contributed by atoms with Crippen LogP contribution in [0.1, 0.15) is 57.2 Å². The second-order valence-electron chi connectivity index (χ2n) is 5.38. The third-order valence-electron chi connectivity index (χ3n) is 4.06. The first-order valence-corrected chi connectivity index (χ1v) is 8.57. The van der Waals surface area contributed by atoms with Crippen molar-refractivity contribution in [1.29, 1.82) is 0 Å². The van der Waals surface area contributed by atoms with E-state index in [1.54, 1.807) is 0 Å². The first-order valence-electron chi connectivity index (χ1n) is 7.69. The largest absolute Gasteiger partial charge is 0.349 e. The molecule has 0 spiro atoms. The maximum absolute atomic E-state index is 12.0. The Kier molecular flexibility index (Phi) is 7.85. The molecule has 0 fully saturated rings. The number of carbonyl (C=O) groups is 1. The van der Waals surface area contributed by atoms with Gasteiger partial charge in [-0.2, -0.15) is 0 Å². The van der Waals surface area contributed by atoms with Crippen LogP contribution in [0, 0.1) is 0 Å². The molecule has 0 aromatic carbocycles. The zero-order valence-electron chi connectivity index (χ0n) is 12.8. The molecule has 1 rings (SSSR count). The van der Waals surface area contributed by atoms with Gasteiger partial charge in [-0.15, -0.1) is 11.3 Å². The van der Waals surface area contributed by atoms with E-state index in [1.165, 1.54) is 4.88 Å². The molecule has 3 N–H and O–H groups in total. The molecule has 0 bridgehead atoms. The standard InChI is InChI=1S/C16H28N2OS/c1-3-16(4-2,13-17)18-15(19)11-7-5-6-9-14-10-8-12-20-14/h8,10,12H,3-7,9,11,13,17H2,1-2H3,(H,18,19). The van der Waals surface area contributed by atoms with Crippen molar-refractivity contribution < 1.29 is 4.79 Å². The molecule has 1 amide bonds. The highest BCUT2D eigenvalue weighted by atomic mass is 32.1. The van der Waals surface area contributed by atoms with E-state index >= 15 is 0 Å². The zero-order valence-corrected chi connectivity index (χ0v) is 13.6. The van der Waals surface area contributed by atoms with Gasteiger partial charge in [0.15, 0.2) is 0 Å². The minimum Gasteiger partial charge on any atom is -0.349 e. The number of hydrogen-bond acceptors (Lipinski definition) is 3. The lowest BCUT2D eigenvalue weighted by atomic mass is 9.92. The topological polar surface area (TPSA) is 55.1 Å². The van der Waals surface area contributed by atoms with Crippen LogP contribution in [0.15, 0.2) is 17.5 Å². The molecule has 1 aromatic heterocycles. The van der Waals surface area contributed by atoms with Gasteiger partial charge in [-0.3, -0.25) is 4.79 Å². The van der Waals surface area contributed by atoms with Gasteiger partial charge in [0.1, 0.15) is 0 Å². The Balaban J connectivity index is 2.16. The molecule has 4 heteroatoms. The van der Waals surface area contributed by atoms with Crippen LogP contribution in [-0.4, -0.2) is 18.0 Å². The van der Waals surface area contributed by atoms with Crippen LogP contribution in [0.2, 0.25) is 0 Å². The number of nitrogens with one attached hydrogen (secondary N) is 1. The number of nitrogens with two attached hydrogens (primary N) is 1. The van der Waals surface area contributed by atoms with E-state index in [2.05, 4.69) is 36.7 Å². The molecule has 20 heavy (non-hydrogen) atoms. The Hall–Kier alpha value is -0.870. The summed E-state index contributed by atoms with van der Waals surface area (Å²) >= 11 is 1.81.